The number of hydrogen-bond donors (Lipinski definition) is 1. The van der Waals surface area contributed by atoms with Crippen LogP contribution < -0.4 is 10.3 Å². The number of imidazole rings is 1. The van der Waals surface area contributed by atoms with Gasteiger partial charge in [0, 0.05) is 44.3 Å². The number of phenolic OH excluding ortho intramolecular Hbond substituents is 1. The number of hydrogen-bond acceptors (Lipinski definition) is 4. The fourth-order valence-corrected chi connectivity index (χ4v) is 7.43. The average Bonchev–Trinajstić information content (AvgIpc) is 3.57. The Hall–Kier alpha value is -5.71. The van der Waals surface area contributed by atoms with E-state index < -0.39 is 0 Å². The van der Waals surface area contributed by atoms with Crippen molar-refractivity contribution in [3.05, 3.63) is 169 Å². The Morgan fingerprint density at radius 1 is 0.679 bits per heavy atom. The van der Waals surface area contributed by atoms with Gasteiger partial charge in [0.15, 0.2) is 0 Å². The van der Waals surface area contributed by atoms with E-state index in [2.05, 4.69) is 157 Å². The molecule has 0 amide bonds. The third-order valence-corrected chi connectivity index (χ3v) is 10.0. The fourth-order valence-electron chi connectivity index (χ4n) is 7.43. The van der Waals surface area contributed by atoms with Crippen molar-refractivity contribution >= 4 is 34.9 Å². The molecular weight excluding hydrogens is 830 g/mol. The first-order valence-electron chi connectivity index (χ1n) is 17.7. The van der Waals surface area contributed by atoms with Crippen LogP contribution in [0, 0.1) is 6.07 Å². The van der Waals surface area contributed by atoms with Gasteiger partial charge in [0.25, 0.3) is 0 Å². The Morgan fingerprint density at radius 3 is 2.09 bits per heavy atom. The van der Waals surface area contributed by atoms with E-state index in [-0.39, 0.29) is 39.2 Å². The van der Waals surface area contributed by atoms with Crippen molar-refractivity contribution in [3.63, 3.8) is 0 Å². The van der Waals surface area contributed by atoms with Crippen LogP contribution in [0.25, 0.3) is 55.9 Å². The maximum Gasteiger partial charge on any atom is 0.421 e. The van der Waals surface area contributed by atoms with Gasteiger partial charge in [0.1, 0.15) is 11.6 Å². The molecule has 2 aromatic heterocycles. The number of aromatic hydroxyl groups is 1. The van der Waals surface area contributed by atoms with Crippen LogP contribution in [0.15, 0.2) is 158 Å². The van der Waals surface area contributed by atoms with Crippen molar-refractivity contribution in [1.29, 1.82) is 0 Å². The van der Waals surface area contributed by atoms with Crippen molar-refractivity contribution in [2.24, 2.45) is 0 Å². The molecule has 1 aliphatic rings. The molecule has 6 aromatic carbocycles. The van der Waals surface area contributed by atoms with E-state index >= 15 is 0 Å². The molecule has 0 radical (unpaired) electrons. The predicted molar refractivity (Wildman–Crippen MR) is 214 cm³/mol. The zero-order chi connectivity index (χ0) is 35.4. The van der Waals surface area contributed by atoms with Gasteiger partial charge in [-0.15, -0.1) is 29.3 Å². The van der Waals surface area contributed by atoms with Gasteiger partial charge in [-0.3, -0.25) is 4.98 Å². The summed E-state index contributed by atoms with van der Waals surface area (Å²) in [5.74, 6) is 0.914. The number of aromatic nitrogens is 3. The molecular formula is C46H36BN4OPt-. The minimum absolute atomic E-state index is 0. The summed E-state index contributed by atoms with van der Waals surface area (Å²) in [6.07, 6.45) is 1.88. The van der Waals surface area contributed by atoms with Gasteiger partial charge in [-0.1, -0.05) is 135 Å². The molecule has 0 unspecified atom stereocenters. The first-order chi connectivity index (χ1) is 25.3. The summed E-state index contributed by atoms with van der Waals surface area (Å²) in [5, 5.41) is 11.5. The summed E-state index contributed by atoms with van der Waals surface area (Å²) in [4.78, 5) is 12.6. The van der Waals surface area contributed by atoms with Gasteiger partial charge in [0.05, 0.1) is 16.6 Å². The van der Waals surface area contributed by atoms with E-state index in [9.17, 15) is 5.11 Å². The van der Waals surface area contributed by atoms with Gasteiger partial charge in [-0.2, -0.15) is 0 Å². The number of phenols is 1. The number of rotatable bonds is 5. The maximum atomic E-state index is 11.5. The number of para-hydroxylation sites is 2. The molecule has 0 saturated carbocycles. The number of nitrogens with zero attached hydrogens (tertiary/aromatic N) is 4. The van der Waals surface area contributed by atoms with Gasteiger partial charge < -0.3 is 14.4 Å². The van der Waals surface area contributed by atoms with E-state index in [0.717, 1.165) is 67.2 Å². The van der Waals surface area contributed by atoms with Crippen LogP contribution in [0.1, 0.15) is 26.3 Å². The quantitative estimate of drug-likeness (QED) is 0.138. The van der Waals surface area contributed by atoms with Crippen molar-refractivity contribution < 1.29 is 26.2 Å². The van der Waals surface area contributed by atoms with Crippen LogP contribution >= 0.6 is 0 Å². The topological polar surface area (TPSA) is 54.2 Å². The summed E-state index contributed by atoms with van der Waals surface area (Å²) in [6.45, 7) is 6.45. The minimum Gasteiger partial charge on any atom is -0.507 e. The third-order valence-electron chi connectivity index (χ3n) is 10.0. The zero-order valence-corrected chi connectivity index (χ0v) is 31.9. The minimum atomic E-state index is -0.265. The van der Waals surface area contributed by atoms with Crippen LogP contribution in [0.5, 0.6) is 5.75 Å². The monoisotopic (exact) mass is 866 g/mol. The standard InChI is InChI=1S/C46H36BN4O.Pt/c1-46(2,3)35-28-33(27-34(29-35)39-30-32(25-26-48-39)31-15-7-4-8-16-31)38-21-13-23-41-44(38)49-45-43-40(22-14-24-42(43)52)50(37-19-11-6-12-20-37)47(51(41)45)36-17-9-5-10-18-36;/h4-26,28-30,52H,1-3H3;/q-1;. The molecule has 1 N–H and O–H groups in total. The Morgan fingerprint density at radius 2 is 1.36 bits per heavy atom. The second-order valence-corrected chi connectivity index (χ2v) is 14.4. The number of pyridine rings is 1. The molecule has 260 valence electrons. The molecule has 7 heteroatoms. The van der Waals surface area contributed by atoms with Crippen molar-refractivity contribution in [2.75, 3.05) is 4.81 Å². The molecule has 3 heterocycles. The van der Waals surface area contributed by atoms with E-state index in [4.69, 9.17) is 9.97 Å². The molecule has 5 nitrogen and oxygen atoms in total. The molecule has 0 spiro atoms. The molecule has 0 bridgehead atoms. The third kappa shape index (κ3) is 6.07. The van der Waals surface area contributed by atoms with Crippen LogP contribution in [-0.4, -0.2) is 26.5 Å². The van der Waals surface area contributed by atoms with Gasteiger partial charge in [-0.25, -0.2) is 4.98 Å². The normalized spacial score (nSPS) is 12.3. The Kier molecular flexibility index (Phi) is 8.88. The summed E-state index contributed by atoms with van der Waals surface area (Å²) in [5.41, 5.74) is 12.6. The molecule has 0 aliphatic carbocycles. The first kappa shape index (κ1) is 34.4. The largest absolute Gasteiger partial charge is 0.507 e. The van der Waals surface area contributed by atoms with Crippen molar-refractivity contribution in [2.45, 2.75) is 26.2 Å². The zero-order valence-electron chi connectivity index (χ0n) is 29.6. The van der Waals surface area contributed by atoms with Crippen molar-refractivity contribution in [1.82, 2.24) is 14.4 Å². The molecule has 53 heavy (non-hydrogen) atoms. The average molecular weight is 867 g/mol. The smallest absolute Gasteiger partial charge is 0.421 e. The second-order valence-electron chi connectivity index (χ2n) is 14.4. The van der Waals surface area contributed by atoms with Crippen LogP contribution in [0.4, 0.5) is 11.4 Å². The molecule has 1 aliphatic heterocycles. The molecule has 0 saturated heterocycles. The van der Waals surface area contributed by atoms with E-state index in [1.807, 2.05) is 30.5 Å². The summed E-state index contributed by atoms with van der Waals surface area (Å²) < 4.78 is 2.28. The van der Waals surface area contributed by atoms with Crippen LogP contribution in [-0.2, 0) is 26.5 Å². The summed E-state index contributed by atoms with van der Waals surface area (Å²) >= 11 is 0. The fraction of sp³-hybridized carbons (Fsp3) is 0.0870. The van der Waals surface area contributed by atoms with Crippen molar-refractivity contribution in [3.8, 4) is 50.6 Å². The Balaban J connectivity index is 0.00000400. The Bertz CT molecular complexity index is 2580. The SMILES string of the molecule is CC(C)(C)c1cc(-c2cc(-c3ccccc3)ccn2)[c-]c(-c2cccc3c2nc2n3B(c3ccccc3)N(c3ccccc3)c3cccc(O)c3-2)c1.[Pt]. The van der Waals surface area contributed by atoms with Crippen LogP contribution in [0.3, 0.4) is 0 Å². The van der Waals surface area contributed by atoms with Gasteiger partial charge in [-0.05, 0) is 58.4 Å². The number of anilines is 2. The molecule has 9 rings (SSSR count). The number of benzene rings is 6. The summed E-state index contributed by atoms with van der Waals surface area (Å²) in [7, 11) is 0. The molecule has 0 atom stereocenters. The van der Waals surface area contributed by atoms with Gasteiger partial charge in [0.2, 0.25) is 0 Å². The molecule has 8 aromatic rings. The van der Waals surface area contributed by atoms with Crippen LogP contribution in [0.2, 0.25) is 0 Å². The maximum absolute atomic E-state index is 11.5. The molecule has 0 fully saturated rings. The second kappa shape index (κ2) is 13.7. The summed E-state index contributed by atoms with van der Waals surface area (Å²) in [6, 6.07) is 55.9. The predicted octanol–water partition coefficient (Wildman–Crippen LogP) is 10.3. The van der Waals surface area contributed by atoms with Gasteiger partial charge >= 0.3 is 6.98 Å². The first-order valence-corrected chi connectivity index (χ1v) is 17.7. The number of fused-ring (bicyclic) bond motifs is 5. The van der Waals surface area contributed by atoms with E-state index in [0.29, 0.717) is 5.56 Å². The Labute approximate surface area is 325 Å². The van der Waals surface area contributed by atoms with E-state index in [1.165, 1.54) is 5.56 Å². The van der Waals surface area contributed by atoms with E-state index in [1.54, 1.807) is 6.07 Å².